The van der Waals surface area contributed by atoms with Gasteiger partial charge < -0.3 is 19.7 Å². The zero-order chi connectivity index (χ0) is 20.6. The minimum absolute atomic E-state index is 0.0179. The Kier molecular flexibility index (Phi) is 7.60. The van der Waals surface area contributed by atoms with E-state index in [1.165, 1.54) is 0 Å². The zero-order valence-corrected chi connectivity index (χ0v) is 16.9. The van der Waals surface area contributed by atoms with Gasteiger partial charge >= 0.3 is 5.97 Å². The summed E-state index contributed by atoms with van der Waals surface area (Å²) in [5.74, 6) is -0.323. The number of hydrogen-bond acceptors (Lipinski definition) is 6. The van der Waals surface area contributed by atoms with Crippen molar-refractivity contribution >= 4 is 23.5 Å². The minimum atomic E-state index is -0.136. The third kappa shape index (κ3) is 6.01. The summed E-state index contributed by atoms with van der Waals surface area (Å²) >= 11 is 0. The Bertz CT molecular complexity index is 708. The van der Waals surface area contributed by atoms with Crippen molar-refractivity contribution in [2.45, 2.75) is 19.8 Å². The van der Waals surface area contributed by atoms with E-state index in [4.69, 9.17) is 9.47 Å². The van der Waals surface area contributed by atoms with Crippen LogP contribution in [0.4, 0.5) is 5.69 Å². The van der Waals surface area contributed by atoms with Gasteiger partial charge in [0.25, 0.3) is 5.91 Å². The number of anilines is 1. The van der Waals surface area contributed by atoms with Gasteiger partial charge in [0.2, 0.25) is 5.91 Å². The molecule has 0 aliphatic carbocycles. The van der Waals surface area contributed by atoms with Crippen LogP contribution >= 0.6 is 0 Å². The fraction of sp³-hybridized carbons (Fsp3) is 0.571. The highest BCUT2D eigenvalue weighted by Gasteiger charge is 2.26. The average molecular weight is 403 g/mol. The van der Waals surface area contributed by atoms with Crippen LogP contribution in [0.2, 0.25) is 0 Å². The molecule has 3 rings (SSSR count). The van der Waals surface area contributed by atoms with E-state index in [1.807, 2.05) is 11.8 Å². The van der Waals surface area contributed by atoms with E-state index >= 15 is 0 Å². The molecule has 0 unspecified atom stereocenters. The summed E-state index contributed by atoms with van der Waals surface area (Å²) in [6, 6.07) is 6.97. The zero-order valence-electron chi connectivity index (χ0n) is 16.9. The van der Waals surface area contributed by atoms with E-state index in [2.05, 4.69) is 5.32 Å². The van der Waals surface area contributed by atoms with Crippen molar-refractivity contribution in [2.75, 3.05) is 57.9 Å². The van der Waals surface area contributed by atoms with Crippen LogP contribution in [0.5, 0.6) is 0 Å². The standard InChI is InChI=1S/C21H29N3O5/c1-2-29-21(27)17-7-9-23(10-8-17)15-19(25)22-18-5-3-16(4-6-18)20(26)24-11-13-28-14-12-24/h3-6,17H,2,7-15H2,1H3,(H,22,25). The van der Waals surface area contributed by atoms with E-state index in [0.717, 1.165) is 0 Å². The number of esters is 1. The van der Waals surface area contributed by atoms with Crippen molar-refractivity contribution in [1.29, 1.82) is 0 Å². The van der Waals surface area contributed by atoms with Gasteiger partial charge in [-0.1, -0.05) is 0 Å². The molecule has 8 heteroatoms. The molecule has 0 aromatic heterocycles. The molecule has 1 aromatic carbocycles. The smallest absolute Gasteiger partial charge is 0.309 e. The summed E-state index contributed by atoms with van der Waals surface area (Å²) in [6.07, 6.45) is 1.43. The lowest BCUT2D eigenvalue weighted by Crippen LogP contribution is -2.41. The molecule has 1 aromatic rings. The molecule has 2 saturated heterocycles. The predicted octanol–water partition coefficient (Wildman–Crippen LogP) is 1.37. The number of likely N-dealkylation sites (tertiary alicyclic amines) is 1. The lowest BCUT2D eigenvalue weighted by Gasteiger charge is -2.30. The van der Waals surface area contributed by atoms with Gasteiger partial charge in [-0.25, -0.2) is 0 Å². The Balaban J connectivity index is 1.44. The Labute approximate surface area is 171 Å². The molecular weight excluding hydrogens is 374 g/mol. The van der Waals surface area contributed by atoms with Crippen LogP contribution in [0.1, 0.15) is 30.1 Å². The van der Waals surface area contributed by atoms with Crippen molar-refractivity contribution in [2.24, 2.45) is 5.92 Å². The largest absolute Gasteiger partial charge is 0.466 e. The first-order valence-electron chi connectivity index (χ1n) is 10.2. The van der Waals surface area contributed by atoms with E-state index < -0.39 is 0 Å². The molecule has 2 heterocycles. The Morgan fingerprint density at radius 3 is 2.34 bits per heavy atom. The summed E-state index contributed by atoms with van der Waals surface area (Å²) < 4.78 is 10.3. The number of amides is 2. The van der Waals surface area contributed by atoms with Crippen molar-refractivity contribution in [1.82, 2.24) is 9.80 Å². The van der Waals surface area contributed by atoms with Gasteiger partial charge in [-0.15, -0.1) is 0 Å². The number of hydrogen-bond donors (Lipinski definition) is 1. The number of nitrogens with zero attached hydrogens (tertiary/aromatic N) is 2. The van der Waals surface area contributed by atoms with E-state index in [1.54, 1.807) is 29.2 Å². The molecule has 2 amide bonds. The molecule has 0 saturated carbocycles. The monoisotopic (exact) mass is 403 g/mol. The topological polar surface area (TPSA) is 88.2 Å². The molecule has 0 radical (unpaired) electrons. The molecule has 158 valence electrons. The Morgan fingerprint density at radius 1 is 1.07 bits per heavy atom. The number of nitrogens with one attached hydrogen (secondary N) is 1. The fourth-order valence-electron chi connectivity index (χ4n) is 3.64. The summed E-state index contributed by atoms with van der Waals surface area (Å²) in [5.41, 5.74) is 1.26. The predicted molar refractivity (Wildman–Crippen MR) is 108 cm³/mol. The highest BCUT2D eigenvalue weighted by Crippen LogP contribution is 2.19. The van der Waals surface area contributed by atoms with Gasteiger partial charge in [0, 0.05) is 24.3 Å². The quantitative estimate of drug-likeness (QED) is 0.722. The van der Waals surface area contributed by atoms with Crippen molar-refractivity contribution in [3.8, 4) is 0 Å². The first-order valence-corrected chi connectivity index (χ1v) is 10.2. The number of piperidine rings is 1. The second-order valence-electron chi connectivity index (χ2n) is 7.33. The summed E-state index contributed by atoms with van der Waals surface area (Å²) in [5, 5.41) is 2.87. The normalized spacial score (nSPS) is 18.3. The van der Waals surface area contributed by atoms with Gasteiger partial charge in [0.05, 0.1) is 32.3 Å². The third-order valence-corrected chi connectivity index (χ3v) is 5.29. The summed E-state index contributed by atoms with van der Waals surface area (Å²) in [4.78, 5) is 40.4. The van der Waals surface area contributed by atoms with E-state index in [-0.39, 0.29) is 30.2 Å². The van der Waals surface area contributed by atoms with Crippen LogP contribution in [0.3, 0.4) is 0 Å². The Morgan fingerprint density at radius 2 is 1.72 bits per heavy atom. The molecule has 2 aliphatic heterocycles. The van der Waals surface area contributed by atoms with Crippen molar-refractivity contribution in [3.63, 3.8) is 0 Å². The molecule has 2 fully saturated rings. The van der Waals surface area contributed by atoms with Crippen LogP contribution in [-0.4, -0.2) is 80.1 Å². The molecule has 0 spiro atoms. The minimum Gasteiger partial charge on any atom is -0.466 e. The molecule has 8 nitrogen and oxygen atoms in total. The van der Waals surface area contributed by atoms with E-state index in [9.17, 15) is 14.4 Å². The lowest BCUT2D eigenvalue weighted by atomic mass is 9.97. The Hall–Kier alpha value is -2.45. The molecule has 1 N–H and O–H groups in total. The summed E-state index contributed by atoms with van der Waals surface area (Å²) in [6.45, 7) is 6.22. The second-order valence-corrected chi connectivity index (χ2v) is 7.33. The van der Waals surface area contributed by atoms with Crippen LogP contribution in [-0.2, 0) is 19.1 Å². The number of morpholine rings is 1. The average Bonchev–Trinajstić information content (AvgIpc) is 2.75. The highest BCUT2D eigenvalue weighted by molar-refractivity contribution is 5.96. The number of benzene rings is 1. The molecule has 0 atom stereocenters. The SMILES string of the molecule is CCOC(=O)C1CCN(CC(=O)Nc2ccc(C(=O)N3CCOCC3)cc2)CC1. The molecular formula is C21H29N3O5. The maximum Gasteiger partial charge on any atom is 0.309 e. The van der Waals surface area contributed by atoms with Gasteiger partial charge in [-0.3, -0.25) is 19.3 Å². The number of carbonyl (C=O) groups is 3. The van der Waals surface area contributed by atoms with Crippen molar-refractivity contribution < 1.29 is 23.9 Å². The third-order valence-electron chi connectivity index (χ3n) is 5.29. The van der Waals surface area contributed by atoms with Gasteiger partial charge in [-0.05, 0) is 57.1 Å². The fourth-order valence-corrected chi connectivity index (χ4v) is 3.64. The maximum absolute atomic E-state index is 12.5. The van der Waals surface area contributed by atoms with Gasteiger partial charge in [0.1, 0.15) is 0 Å². The summed E-state index contributed by atoms with van der Waals surface area (Å²) in [7, 11) is 0. The first kappa shape index (κ1) is 21.3. The van der Waals surface area contributed by atoms with Crippen LogP contribution in [0, 0.1) is 5.92 Å². The van der Waals surface area contributed by atoms with E-state index in [0.29, 0.717) is 70.1 Å². The molecule has 29 heavy (non-hydrogen) atoms. The van der Waals surface area contributed by atoms with Gasteiger partial charge in [0.15, 0.2) is 0 Å². The van der Waals surface area contributed by atoms with Crippen LogP contribution < -0.4 is 5.32 Å². The number of ether oxygens (including phenoxy) is 2. The van der Waals surface area contributed by atoms with Crippen LogP contribution in [0.25, 0.3) is 0 Å². The highest BCUT2D eigenvalue weighted by atomic mass is 16.5. The molecule has 2 aliphatic rings. The van der Waals surface area contributed by atoms with Crippen LogP contribution in [0.15, 0.2) is 24.3 Å². The number of rotatable bonds is 6. The number of carbonyl (C=O) groups excluding carboxylic acids is 3. The first-order chi connectivity index (χ1) is 14.1. The molecule has 0 bridgehead atoms. The van der Waals surface area contributed by atoms with Gasteiger partial charge in [-0.2, -0.15) is 0 Å². The van der Waals surface area contributed by atoms with Crippen molar-refractivity contribution in [3.05, 3.63) is 29.8 Å². The lowest BCUT2D eigenvalue weighted by molar-refractivity contribution is -0.149. The second kappa shape index (κ2) is 10.4. The maximum atomic E-state index is 12.5.